The van der Waals surface area contributed by atoms with E-state index in [0.717, 1.165) is 34.6 Å². The molecule has 7 heteroatoms. The highest BCUT2D eigenvalue weighted by molar-refractivity contribution is 5.79. The van der Waals surface area contributed by atoms with Gasteiger partial charge in [-0.1, -0.05) is 12.1 Å². The van der Waals surface area contributed by atoms with Crippen molar-refractivity contribution in [1.29, 1.82) is 0 Å². The van der Waals surface area contributed by atoms with Crippen molar-refractivity contribution in [2.45, 2.75) is 45.9 Å². The van der Waals surface area contributed by atoms with Crippen molar-refractivity contribution in [1.82, 2.24) is 15.1 Å². The van der Waals surface area contributed by atoms with Gasteiger partial charge >= 0.3 is 0 Å². The zero-order valence-electron chi connectivity index (χ0n) is 17.2. The van der Waals surface area contributed by atoms with Crippen molar-refractivity contribution in [2.24, 2.45) is 0 Å². The van der Waals surface area contributed by atoms with Crippen LogP contribution in [0.25, 0.3) is 10.9 Å². The summed E-state index contributed by atoms with van der Waals surface area (Å²) in [7, 11) is 0. The number of carbonyl (C=O) groups is 1. The fourth-order valence-corrected chi connectivity index (χ4v) is 3.74. The number of aromatic nitrogens is 2. The molecule has 0 saturated heterocycles. The van der Waals surface area contributed by atoms with Gasteiger partial charge in [-0.15, -0.1) is 0 Å². The predicted octanol–water partition coefficient (Wildman–Crippen LogP) is 2.83. The van der Waals surface area contributed by atoms with Crippen molar-refractivity contribution in [3.05, 3.63) is 63.9 Å². The van der Waals surface area contributed by atoms with Gasteiger partial charge in [0.2, 0.25) is 11.3 Å². The molecule has 1 amide bonds. The van der Waals surface area contributed by atoms with E-state index in [1.165, 1.54) is 6.20 Å². The molecule has 1 aromatic heterocycles. The molecule has 3 aromatic rings. The van der Waals surface area contributed by atoms with Crippen molar-refractivity contribution in [3.8, 4) is 11.5 Å². The average Bonchev–Trinajstić information content (AvgIpc) is 3.11. The van der Waals surface area contributed by atoms with Gasteiger partial charge in [-0.05, 0) is 38.1 Å². The highest BCUT2D eigenvalue weighted by Gasteiger charge is 2.22. The van der Waals surface area contributed by atoms with Crippen molar-refractivity contribution in [2.75, 3.05) is 6.61 Å². The summed E-state index contributed by atoms with van der Waals surface area (Å²) >= 11 is 0. The van der Waals surface area contributed by atoms with E-state index in [0.29, 0.717) is 25.1 Å². The molecular weight excluding hydrogens is 382 g/mol. The first-order valence-electron chi connectivity index (χ1n) is 10.2. The Labute approximate surface area is 174 Å². The van der Waals surface area contributed by atoms with Gasteiger partial charge in [-0.3, -0.25) is 14.3 Å². The van der Waals surface area contributed by atoms with Crippen molar-refractivity contribution < 1.29 is 14.3 Å². The monoisotopic (exact) mass is 407 g/mol. The lowest BCUT2D eigenvalue weighted by molar-refractivity contribution is -0.121. The second-order valence-corrected chi connectivity index (χ2v) is 7.41. The quantitative estimate of drug-likeness (QED) is 0.651. The van der Waals surface area contributed by atoms with Crippen LogP contribution in [0.4, 0.5) is 0 Å². The maximum absolute atomic E-state index is 12.5. The van der Waals surface area contributed by atoms with Gasteiger partial charge in [0.1, 0.15) is 17.6 Å². The summed E-state index contributed by atoms with van der Waals surface area (Å²) in [6.45, 7) is 5.28. The summed E-state index contributed by atoms with van der Waals surface area (Å²) < 4.78 is 13.3. The van der Waals surface area contributed by atoms with E-state index in [9.17, 15) is 9.59 Å². The molecule has 2 heterocycles. The minimum atomic E-state index is -0.122. The Balaban J connectivity index is 1.42. The third kappa shape index (κ3) is 4.15. The lowest BCUT2D eigenvalue weighted by Crippen LogP contribution is -2.25. The van der Waals surface area contributed by atoms with Crippen molar-refractivity contribution >= 4 is 16.8 Å². The third-order valence-corrected chi connectivity index (χ3v) is 5.17. The molecule has 0 saturated carbocycles. The Bertz CT molecular complexity index is 1140. The molecule has 1 aliphatic heterocycles. The first-order valence-corrected chi connectivity index (χ1v) is 10.2. The Kier molecular flexibility index (Phi) is 5.70. The lowest BCUT2D eigenvalue weighted by Gasteiger charge is -2.14. The van der Waals surface area contributed by atoms with E-state index in [4.69, 9.17) is 9.47 Å². The van der Waals surface area contributed by atoms with E-state index in [-0.39, 0.29) is 23.9 Å². The zero-order valence-corrected chi connectivity index (χ0v) is 17.2. The standard InChI is InChI=1S/C23H25N3O4/c1-3-29-21-11-16-10-15(2)30-22(16)12-17(21)13-24-23(28)8-9-26-19-7-5-4-6-18(19)20(27)14-25-26/h4-7,11-12,14-15H,3,8-10,13H2,1-2H3,(H,24,28). The second kappa shape index (κ2) is 8.57. The minimum Gasteiger partial charge on any atom is -0.494 e. The summed E-state index contributed by atoms with van der Waals surface area (Å²) in [4.78, 5) is 24.4. The number of amides is 1. The van der Waals surface area contributed by atoms with Crippen molar-refractivity contribution in [3.63, 3.8) is 0 Å². The highest BCUT2D eigenvalue weighted by Crippen LogP contribution is 2.35. The first kappa shape index (κ1) is 19.9. The summed E-state index contributed by atoms with van der Waals surface area (Å²) in [5.41, 5.74) is 2.63. The average molecular weight is 407 g/mol. The minimum absolute atomic E-state index is 0.100. The maximum Gasteiger partial charge on any atom is 0.222 e. The van der Waals surface area contributed by atoms with Crippen LogP contribution >= 0.6 is 0 Å². The summed E-state index contributed by atoms with van der Waals surface area (Å²) in [6.07, 6.45) is 2.56. The van der Waals surface area contributed by atoms with Crippen LogP contribution in [0.1, 0.15) is 31.4 Å². The number of rotatable bonds is 7. The van der Waals surface area contributed by atoms with E-state index < -0.39 is 0 Å². The van der Waals surface area contributed by atoms with Crippen LogP contribution in [0.15, 0.2) is 47.4 Å². The number of aryl methyl sites for hydroxylation is 1. The van der Waals surface area contributed by atoms with Crippen LogP contribution in [0.3, 0.4) is 0 Å². The van der Waals surface area contributed by atoms with Crippen LogP contribution < -0.4 is 20.2 Å². The largest absolute Gasteiger partial charge is 0.494 e. The van der Waals surface area contributed by atoms with Gasteiger partial charge in [-0.25, -0.2) is 0 Å². The Hall–Kier alpha value is -3.35. The van der Waals surface area contributed by atoms with Crippen LogP contribution in [0, 0.1) is 0 Å². The first-order chi connectivity index (χ1) is 14.5. The molecule has 2 aromatic carbocycles. The normalized spacial score (nSPS) is 14.9. The molecule has 1 N–H and O–H groups in total. The number of nitrogens with one attached hydrogen (secondary N) is 1. The van der Waals surface area contributed by atoms with E-state index in [2.05, 4.69) is 10.4 Å². The third-order valence-electron chi connectivity index (χ3n) is 5.17. The number of carbonyl (C=O) groups excluding carboxylic acids is 1. The highest BCUT2D eigenvalue weighted by atomic mass is 16.5. The number of ether oxygens (including phenoxy) is 2. The van der Waals surface area contributed by atoms with Crippen LogP contribution in [0.5, 0.6) is 11.5 Å². The van der Waals surface area contributed by atoms with Gasteiger partial charge in [-0.2, -0.15) is 5.10 Å². The van der Waals surface area contributed by atoms with Gasteiger partial charge in [0, 0.05) is 35.9 Å². The molecule has 0 bridgehead atoms. The second-order valence-electron chi connectivity index (χ2n) is 7.41. The molecule has 30 heavy (non-hydrogen) atoms. The molecule has 156 valence electrons. The topological polar surface area (TPSA) is 82.5 Å². The Morgan fingerprint density at radius 1 is 1.33 bits per heavy atom. The summed E-state index contributed by atoms with van der Waals surface area (Å²) in [6, 6.07) is 11.2. The summed E-state index contributed by atoms with van der Waals surface area (Å²) in [5, 5.41) is 7.72. The Morgan fingerprint density at radius 3 is 3.00 bits per heavy atom. The Morgan fingerprint density at radius 2 is 2.17 bits per heavy atom. The molecule has 1 unspecified atom stereocenters. The number of nitrogens with zero attached hydrogens (tertiary/aromatic N) is 2. The van der Waals surface area contributed by atoms with Crippen LogP contribution in [-0.4, -0.2) is 28.4 Å². The van der Waals surface area contributed by atoms with Gasteiger partial charge < -0.3 is 14.8 Å². The molecule has 1 atom stereocenters. The van der Waals surface area contributed by atoms with Gasteiger partial charge in [0.05, 0.1) is 24.9 Å². The zero-order chi connectivity index (χ0) is 21.1. The SMILES string of the molecule is CCOc1cc2c(cc1CNC(=O)CCn1ncc(=O)c3ccccc31)OC(C)C2. The van der Waals surface area contributed by atoms with Gasteiger partial charge in [0.25, 0.3) is 0 Å². The molecule has 0 radical (unpaired) electrons. The molecule has 0 fully saturated rings. The number of hydrogen-bond acceptors (Lipinski definition) is 5. The molecule has 7 nitrogen and oxygen atoms in total. The smallest absolute Gasteiger partial charge is 0.222 e. The molecule has 0 spiro atoms. The number of fused-ring (bicyclic) bond motifs is 2. The number of hydrogen-bond donors (Lipinski definition) is 1. The fraction of sp³-hybridized carbons (Fsp3) is 0.348. The van der Waals surface area contributed by atoms with Crippen LogP contribution in [-0.2, 0) is 24.3 Å². The molecule has 1 aliphatic rings. The van der Waals surface area contributed by atoms with E-state index >= 15 is 0 Å². The van der Waals surface area contributed by atoms with E-state index in [1.54, 1.807) is 10.7 Å². The summed E-state index contributed by atoms with van der Waals surface area (Å²) in [5.74, 6) is 1.54. The maximum atomic E-state index is 12.5. The molecule has 0 aliphatic carbocycles. The number of para-hydroxylation sites is 1. The van der Waals surface area contributed by atoms with Gasteiger partial charge in [0.15, 0.2) is 0 Å². The molecular formula is C23H25N3O4. The number of benzene rings is 2. The van der Waals surface area contributed by atoms with E-state index in [1.807, 2.05) is 44.2 Å². The van der Waals surface area contributed by atoms with Crippen LogP contribution in [0.2, 0.25) is 0 Å². The fourth-order valence-electron chi connectivity index (χ4n) is 3.74. The lowest BCUT2D eigenvalue weighted by atomic mass is 10.1. The predicted molar refractivity (Wildman–Crippen MR) is 114 cm³/mol. The molecule has 4 rings (SSSR count).